The van der Waals surface area contributed by atoms with E-state index in [1.807, 2.05) is 12.1 Å². The van der Waals surface area contributed by atoms with Gasteiger partial charge in [0.05, 0.1) is 12.7 Å². The third kappa shape index (κ3) is 2.71. The van der Waals surface area contributed by atoms with E-state index in [-0.39, 0.29) is 5.56 Å². The van der Waals surface area contributed by atoms with E-state index in [0.29, 0.717) is 12.8 Å². The van der Waals surface area contributed by atoms with E-state index in [9.17, 15) is 13.2 Å². The van der Waals surface area contributed by atoms with E-state index in [1.165, 1.54) is 6.07 Å². The summed E-state index contributed by atoms with van der Waals surface area (Å²) in [5.41, 5.74) is 1.92. The average molecular weight is 348 g/mol. The number of ether oxygens (including phenoxy) is 2. The van der Waals surface area contributed by atoms with Crippen molar-refractivity contribution in [2.24, 2.45) is 0 Å². The molecule has 2 atom stereocenters. The van der Waals surface area contributed by atoms with Crippen LogP contribution in [0.2, 0.25) is 0 Å². The molecule has 1 heterocycles. The molecule has 132 valence electrons. The zero-order valence-electron chi connectivity index (χ0n) is 13.9. The van der Waals surface area contributed by atoms with E-state index >= 15 is 0 Å². The number of rotatable bonds is 1. The highest BCUT2D eigenvalue weighted by Crippen LogP contribution is 2.52. The monoisotopic (exact) mass is 348 g/mol. The lowest BCUT2D eigenvalue weighted by atomic mass is 9.73. The molecule has 2 aromatic rings. The molecule has 0 amide bonds. The zero-order valence-corrected chi connectivity index (χ0v) is 13.9. The van der Waals surface area contributed by atoms with Crippen LogP contribution in [-0.2, 0) is 23.2 Å². The Morgan fingerprint density at radius 2 is 1.92 bits per heavy atom. The van der Waals surface area contributed by atoms with Crippen molar-refractivity contribution in [3.8, 4) is 5.75 Å². The van der Waals surface area contributed by atoms with Gasteiger partial charge in [-0.25, -0.2) is 0 Å². The molecule has 1 spiro atoms. The summed E-state index contributed by atoms with van der Waals surface area (Å²) in [7, 11) is 1.59. The van der Waals surface area contributed by atoms with Gasteiger partial charge in [0.2, 0.25) is 0 Å². The Bertz CT molecular complexity index is 800. The van der Waals surface area contributed by atoms with E-state index in [4.69, 9.17) is 9.47 Å². The van der Waals surface area contributed by atoms with Crippen molar-refractivity contribution in [2.45, 2.75) is 43.6 Å². The number of methoxy groups -OCH3 is 1. The third-order valence-electron chi connectivity index (χ3n) is 5.28. The van der Waals surface area contributed by atoms with Gasteiger partial charge in [0.25, 0.3) is 0 Å². The fourth-order valence-corrected chi connectivity index (χ4v) is 4.19. The van der Waals surface area contributed by atoms with Crippen molar-refractivity contribution < 1.29 is 22.6 Å². The maximum atomic E-state index is 13.7. The maximum Gasteiger partial charge on any atom is 0.418 e. The maximum absolute atomic E-state index is 13.7. The van der Waals surface area contributed by atoms with Crippen LogP contribution >= 0.6 is 0 Å². The van der Waals surface area contributed by atoms with Gasteiger partial charge in [0, 0.05) is 6.42 Å². The molecule has 2 aliphatic rings. The molecule has 2 nitrogen and oxygen atoms in total. The van der Waals surface area contributed by atoms with Crippen LogP contribution in [0.25, 0.3) is 0 Å². The molecule has 0 saturated carbocycles. The van der Waals surface area contributed by atoms with Gasteiger partial charge in [-0.1, -0.05) is 30.3 Å². The summed E-state index contributed by atoms with van der Waals surface area (Å²) in [6.45, 7) is 0. The second-order valence-corrected chi connectivity index (χ2v) is 6.79. The minimum atomic E-state index is -4.44. The topological polar surface area (TPSA) is 18.5 Å². The van der Waals surface area contributed by atoms with Gasteiger partial charge < -0.3 is 9.47 Å². The average Bonchev–Trinajstić information content (AvgIpc) is 2.60. The number of fused-ring (bicyclic) bond motifs is 3. The van der Waals surface area contributed by atoms with Crippen molar-refractivity contribution >= 4 is 0 Å². The van der Waals surface area contributed by atoms with Crippen molar-refractivity contribution in [1.29, 1.82) is 0 Å². The van der Waals surface area contributed by atoms with Gasteiger partial charge >= 0.3 is 6.18 Å². The first-order valence-electron chi connectivity index (χ1n) is 8.43. The highest BCUT2D eigenvalue weighted by atomic mass is 19.4. The van der Waals surface area contributed by atoms with E-state index < -0.39 is 17.9 Å². The molecule has 0 aromatic heterocycles. The molecule has 25 heavy (non-hydrogen) atoms. The Kier molecular flexibility index (Phi) is 3.80. The molecule has 0 saturated heterocycles. The number of alkyl halides is 3. The quantitative estimate of drug-likeness (QED) is 0.714. The summed E-state index contributed by atoms with van der Waals surface area (Å²) < 4.78 is 52.2. The smallest absolute Gasteiger partial charge is 0.418 e. The van der Waals surface area contributed by atoms with Crippen LogP contribution in [0.5, 0.6) is 5.75 Å². The number of hydrogen-bond donors (Lipinski definition) is 0. The normalized spacial score (nSPS) is 25.4. The predicted octanol–water partition coefficient (Wildman–Crippen LogP) is 5.10. The zero-order chi connectivity index (χ0) is 17.7. The van der Waals surface area contributed by atoms with Gasteiger partial charge in [0.15, 0.2) is 6.10 Å². The molecule has 0 N–H and O–H groups in total. The lowest BCUT2D eigenvalue weighted by Gasteiger charge is -2.46. The van der Waals surface area contributed by atoms with E-state index in [0.717, 1.165) is 35.3 Å². The highest BCUT2D eigenvalue weighted by molar-refractivity contribution is 5.44. The Hall–Kier alpha value is -2.01. The molecule has 4 rings (SSSR count). The van der Waals surface area contributed by atoms with Crippen molar-refractivity contribution in [2.75, 3.05) is 7.11 Å². The van der Waals surface area contributed by atoms with Gasteiger partial charge in [-0.05, 0) is 53.6 Å². The van der Waals surface area contributed by atoms with Crippen LogP contribution in [0.4, 0.5) is 13.2 Å². The first-order chi connectivity index (χ1) is 11.9. The van der Waals surface area contributed by atoms with Gasteiger partial charge in [-0.2, -0.15) is 13.2 Å². The summed E-state index contributed by atoms with van der Waals surface area (Å²) >= 11 is 0. The van der Waals surface area contributed by atoms with Gasteiger partial charge in [-0.3, -0.25) is 0 Å². The lowest BCUT2D eigenvalue weighted by molar-refractivity contribution is -0.269. The van der Waals surface area contributed by atoms with Crippen LogP contribution < -0.4 is 4.74 Å². The first-order valence-corrected chi connectivity index (χ1v) is 8.43. The first kappa shape index (κ1) is 16.5. The number of hydrogen-bond acceptors (Lipinski definition) is 2. The molecule has 1 aliphatic heterocycles. The van der Waals surface area contributed by atoms with Crippen molar-refractivity contribution in [3.05, 3.63) is 64.7 Å². The summed E-state index contributed by atoms with van der Waals surface area (Å²) in [6.07, 6.45) is -3.63. The summed E-state index contributed by atoms with van der Waals surface area (Å²) in [4.78, 5) is 0. The second-order valence-electron chi connectivity index (χ2n) is 6.79. The lowest BCUT2D eigenvalue weighted by Crippen LogP contribution is -2.44. The van der Waals surface area contributed by atoms with E-state index in [1.54, 1.807) is 31.4 Å². The number of halogens is 3. The van der Waals surface area contributed by atoms with Crippen LogP contribution in [0.15, 0.2) is 42.5 Å². The number of aryl methyl sites for hydroxylation is 1. The molecule has 0 radical (unpaired) electrons. The Labute approximate surface area is 144 Å². The summed E-state index contributed by atoms with van der Waals surface area (Å²) in [5.74, 6) is 0.722. The minimum absolute atomic E-state index is 0.237. The van der Waals surface area contributed by atoms with Crippen LogP contribution in [-0.4, -0.2) is 13.3 Å². The summed E-state index contributed by atoms with van der Waals surface area (Å²) in [6, 6.07) is 12.3. The molecular formula is C20H19F3O2. The Morgan fingerprint density at radius 3 is 2.68 bits per heavy atom. The second kappa shape index (κ2) is 5.77. The van der Waals surface area contributed by atoms with Crippen LogP contribution in [0.3, 0.4) is 0 Å². The molecule has 0 bridgehead atoms. The minimum Gasteiger partial charge on any atom is -0.497 e. The molecule has 0 unspecified atom stereocenters. The SMILES string of the molecule is COc1ccc2c(c1)CCC[C@@]21Cc2ccccc2[C@@H](C(F)(F)F)O1. The Balaban J connectivity index is 1.85. The van der Waals surface area contributed by atoms with Crippen molar-refractivity contribution in [3.63, 3.8) is 0 Å². The highest BCUT2D eigenvalue weighted by Gasteiger charge is 2.52. The third-order valence-corrected chi connectivity index (χ3v) is 5.28. The van der Waals surface area contributed by atoms with Crippen LogP contribution in [0, 0.1) is 0 Å². The fourth-order valence-electron chi connectivity index (χ4n) is 4.19. The standard InChI is InChI=1S/C20H19F3O2/c1-24-15-8-9-17-13(11-15)6-4-10-19(17)12-14-5-2-3-7-16(14)18(25-19)20(21,22)23/h2-3,5,7-9,11,18H,4,6,10,12H2,1H3/t18-,19+/m0/s1. The van der Waals surface area contributed by atoms with Gasteiger partial charge in [-0.15, -0.1) is 0 Å². The molecule has 1 aliphatic carbocycles. The molecular weight excluding hydrogens is 329 g/mol. The number of benzene rings is 2. The fraction of sp³-hybridized carbons (Fsp3) is 0.400. The van der Waals surface area contributed by atoms with Gasteiger partial charge in [0.1, 0.15) is 5.75 Å². The van der Waals surface area contributed by atoms with Crippen molar-refractivity contribution in [1.82, 2.24) is 0 Å². The molecule has 2 aromatic carbocycles. The molecule has 5 heteroatoms. The van der Waals surface area contributed by atoms with Crippen LogP contribution in [0.1, 0.15) is 41.2 Å². The largest absolute Gasteiger partial charge is 0.497 e. The molecule has 0 fully saturated rings. The predicted molar refractivity (Wildman–Crippen MR) is 87.6 cm³/mol. The summed E-state index contributed by atoms with van der Waals surface area (Å²) in [5, 5.41) is 0. The van der Waals surface area contributed by atoms with E-state index in [2.05, 4.69) is 0 Å². The Morgan fingerprint density at radius 1 is 1.12 bits per heavy atom.